The Kier molecular flexibility index (Phi) is 5.51. The molecular formula is C21H27N5O3. The number of likely N-dealkylation sites (tertiary alicyclic amines) is 1. The van der Waals surface area contributed by atoms with Gasteiger partial charge in [-0.15, -0.1) is 10.2 Å². The highest BCUT2D eigenvalue weighted by Gasteiger charge is 2.35. The molecule has 0 spiro atoms. The van der Waals surface area contributed by atoms with Crippen LogP contribution in [0.3, 0.4) is 0 Å². The molecule has 1 atom stereocenters. The highest BCUT2D eigenvalue weighted by molar-refractivity contribution is 5.77. The Balaban J connectivity index is 1.42. The van der Waals surface area contributed by atoms with Crippen LogP contribution in [0.4, 0.5) is 0 Å². The molecule has 2 aliphatic heterocycles. The van der Waals surface area contributed by atoms with Crippen molar-refractivity contribution >= 4 is 11.8 Å². The molecule has 154 valence electrons. The fourth-order valence-electron chi connectivity index (χ4n) is 4.22. The van der Waals surface area contributed by atoms with E-state index >= 15 is 0 Å². The van der Waals surface area contributed by atoms with Crippen molar-refractivity contribution in [3.63, 3.8) is 0 Å². The summed E-state index contributed by atoms with van der Waals surface area (Å²) in [6.45, 7) is 4.16. The zero-order valence-electron chi connectivity index (χ0n) is 17.0. The van der Waals surface area contributed by atoms with Crippen LogP contribution >= 0.6 is 0 Å². The summed E-state index contributed by atoms with van der Waals surface area (Å²) in [4.78, 5) is 28.3. The summed E-state index contributed by atoms with van der Waals surface area (Å²) in [6.07, 6.45) is 3.06. The van der Waals surface area contributed by atoms with E-state index < -0.39 is 0 Å². The van der Waals surface area contributed by atoms with Crippen molar-refractivity contribution in [3.8, 4) is 5.75 Å². The quantitative estimate of drug-likeness (QED) is 0.770. The molecule has 0 saturated carbocycles. The molecule has 2 amide bonds. The molecule has 4 rings (SSSR count). The van der Waals surface area contributed by atoms with Crippen LogP contribution in [0.5, 0.6) is 5.75 Å². The van der Waals surface area contributed by atoms with Gasteiger partial charge in [0, 0.05) is 33.0 Å². The average Bonchev–Trinajstić information content (AvgIpc) is 3.38. The molecule has 0 N–H and O–H groups in total. The average molecular weight is 397 g/mol. The van der Waals surface area contributed by atoms with Crippen molar-refractivity contribution in [3.05, 3.63) is 41.5 Å². The Labute approximate surface area is 170 Å². The monoisotopic (exact) mass is 397 g/mol. The maximum Gasteiger partial charge on any atom is 0.223 e. The lowest BCUT2D eigenvalue weighted by Gasteiger charge is -2.29. The van der Waals surface area contributed by atoms with Crippen LogP contribution in [0, 0.1) is 0 Å². The Hall–Kier alpha value is -2.90. The number of aryl methyl sites for hydroxylation is 1. The lowest BCUT2D eigenvalue weighted by atomic mass is 10.1. The van der Waals surface area contributed by atoms with Gasteiger partial charge in [0.05, 0.1) is 19.7 Å². The van der Waals surface area contributed by atoms with Gasteiger partial charge in [-0.3, -0.25) is 9.59 Å². The SMILES string of the molecule is COc1ccc(CCC(=O)N2CCCC2c2nnc3n2CCN(C(C)=O)C3)cc1. The first-order valence-corrected chi connectivity index (χ1v) is 10.2. The van der Waals surface area contributed by atoms with E-state index in [-0.39, 0.29) is 17.9 Å². The number of hydrogen-bond acceptors (Lipinski definition) is 5. The molecule has 1 unspecified atom stereocenters. The minimum Gasteiger partial charge on any atom is -0.497 e. The Morgan fingerprint density at radius 3 is 2.66 bits per heavy atom. The van der Waals surface area contributed by atoms with Gasteiger partial charge >= 0.3 is 0 Å². The maximum absolute atomic E-state index is 12.9. The van der Waals surface area contributed by atoms with Gasteiger partial charge in [0.25, 0.3) is 0 Å². The number of hydrogen-bond donors (Lipinski definition) is 0. The zero-order chi connectivity index (χ0) is 20.4. The van der Waals surface area contributed by atoms with Crippen molar-refractivity contribution in [1.82, 2.24) is 24.6 Å². The molecule has 0 aliphatic carbocycles. The normalized spacial score (nSPS) is 18.6. The molecule has 1 aromatic carbocycles. The van der Waals surface area contributed by atoms with Crippen molar-refractivity contribution in [1.29, 1.82) is 0 Å². The molecule has 1 fully saturated rings. The van der Waals surface area contributed by atoms with Crippen LogP contribution in [0.15, 0.2) is 24.3 Å². The van der Waals surface area contributed by atoms with E-state index in [4.69, 9.17) is 4.74 Å². The van der Waals surface area contributed by atoms with E-state index in [1.165, 1.54) is 0 Å². The number of carbonyl (C=O) groups excluding carboxylic acids is 2. The van der Waals surface area contributed by atoms with Gasteiger partial charge in [0.1, 0.15) is 5.75 Å². The second-order valence-electron chi connectivity index (χ2n) is 7.66. The predicted octanol–water partition coefficient (Wildman–Crippen LogP) is 1.95. The molecule has 2 aliphatic rings. The number of nitrogens with zero attached hydrogens (tertiary/aromatic N) is 5. The fourth-order valence-corrected chi connectivity index (χ4v) is 4.22. The molecule has 3 heterocycles. The molecular weight excluding hydrogens is 370 g/mol. The van der Waals surface area contributed by atoms with Crippen LogP contribution in [-0.4, -0.2) is 56.6 Å². The fraction of sp³-hybridized carbons (Fsp3) is 0.524. The summed E-state index contributed by atoms with van der Waals surface area (Å²) < 4.78 is 7.28. The first-order chi connectivity index (χ1) is 14.1. The van der Waals surface area contributed by atoms with E-state index in [2.05, 4.69) is 14.8 Å². The highest BCUT2D eigenvalue weighted by atomic mass is 16.5. The van der Waals surface area contributed by atoms with Gasteiger partial charge in [-0.05, 0) is 37.0 Å². The number of aromatic nitrogens is 3. The zero-order valence-corrected chi connectivity index (χ0v) is 17.0. The summed E-state index contributed by atoms with van der Waals surface area (Å²) in [5.74, 6) is 2.69. The molecule has 29 heavy (non-hydrogen) atoms. The van der Waals surface area contributed by atoms with Crippen molar-refractivity contribution < 1.29 is 14.3 Å². The van der Waals surface area contributed by atoms with Crippen LogP contribution in [0.1, 0.15) is 49.4 Å². The molecule has 1 aromatic heterocycles. The minimum absolute atomic E-state index is 0.0245. The molecule has 0 bridgehead atoms. The summed E-state index contributed by atoms with van der Waals surface area (Å²) in [5, 5.41) is 8.72. The first kappa shape index (κ1) is 19.4. The van der Waals surface area contributed by atoms with Crippen molar-refractivity contribution in [2.24, 2.45) is 0 Å². The number of methoxy groups -OCH3 is 1. The summed E-state index contributed by atoms with van der Waals surface area (Å²) in [5.41, 5.74) is 1.12. The largest absolute Gasteiger partial charge is 0.497 e. The molecule has 1 saturated heterocycles. The second kappa shape index (κ2) is 8.23. The lowest BCUT2D eigenvalue weighted by molar-refractivity contribution is -0.132. The van der Waals surface area contributed by atoms with Gasteiger partial charge in [-0.25, -0.2) is 0 Å². The van der Waals surface area contributed by atoms with Crippen LogP contribution < -0.4 is 4.74 Å². The van der Waals surface area contributed by atoms with Gasteiger partial charge < -0.3 is 19.1 Å². The minimum atomic E-state index is -0.0245. The summed E-state index contributed by atoms with van der Waals surface area (Å²) >= 11 is 0. The topological polar surface area (TPSA) is 80.6 Å². The van der Waals surface area contributed by atoms with Crippen LogP contribution in [0.25, 0.3) is 0 Å². The molecule has 0 radical (unpaired) electrons. The van der Waals surface area contributed by atoms with E-state index in [1.54, 1.807) is 18.9 Å². The predicted molar refractivity (Wildman–Crippen MR) is 106 cm³/mol. The van der Waals surface area contributed by atoms with E-state index in [9.17, 15) is 9.59 Å². The highest BCUT2D eigenvalue weighted by Crippen LogP contribution is 2.32. The summed E-state index contributed by atoms with van der Waals surface area (Å²) in [6, 6.07) is 7.83. The van der Waals surface area contributed by atoms with Crippen LogP contribution in [0.2, 0.25) is 0 Å². The first-order valence-electron chi connectivity index (χ1n) is 10.2. The number of carbonyl (C=O) groups is 2. The molecule has 8 heteroatoms. The van der Waals surface area contributed by atoms with E-state index in [0.29, 0.717) is 32.5 Å². The van der Waals surface area contributed by atoms with Crippen molar-refractivity contribution in [2.75, 3.05) is 20.2 Å². The Morgan fingerprint density at radius 1 is 1.14 bits per heavy atom. The van der Waals surface area contributed by atoms with E-state index in [0.717, 1.165) is 42.3 Å². The van der Waals surface area contributed by atoms with Crippen LogP contribution in [-0.2, 0) is 29.1 Å². The third-order valence-corrected chi connectivity index (χ3v) is 5.88. The van der Waals surface area contributed by atoms with Gasteiger partial charge in [0.2, 0.25) is 11.8 Å². The van der Waals surface area contributed by atoms with E-state index in [1.807, 2.05) is 29.2 Å². The standard InChI is InChI=1S/C21H27N5O3/c1-15(27)24-12-13-26-19(14-24)22-23-21(26)18-4-3-11-25(18)20(28)10-7-16-5-8-17(29-2)9-6-16/h5-6,8-9,18H,3-4,7,10-14H2,1-2H3. The smallest absolute Gasteiger partial charge is 0.223 e. The lowest BCUT2D eigenvalue weighted by Crippen LogP contribution is -2.38. The van der Waals surface area contributed by atoms with Gasteiger partial charge in [-0.2, -0.15) is 0 Å². The number of fused-ring (bicyclic) bond motifs is 1. The van der Waals surface area contributed by atoms with Gasteiger partial charge in [-0.1, -0.05) is 12.1 Å². The Morgan fingerprint density at radius 2 is 1.93 bits per heavy atom. The molecule has 2 aromatic rings. The van der Waals surface area contributed by atoms with Crippen molar-refractivity contribution in [2.45, 2.75) is 51.7 Å². The number of rotatable bonds is 5. The summed E-state index contributed by atoms with van der Waals surface area (Å²) in [7, 11) is 1.65. The third-order valence-electron chi connectivity index (χ3n) is 5.88. The number of benzene rings is 1. The number of ether oxygens (including phenoxy) is 1. The second-order valence-corrected chi connectivity index (χ2v) is 7.66. The third kappa shape index (κ3) is 3.97. The Bertz CT molecular complexity index is 892. The molecule has 8 nitrogen and oxygen atoms in total. The van der Waals surface area contributed by atoms with Gasteiger partial charge in [0.15, 0.2) is 11.6 Å². The number of amides is 2. The maximum atomic E-state index is 12.9.